The van der Waals surface area contributed by atoms with E-state index in [2.05, 4.69) is 4.98 Å². The van der Waals surface area contributed by atoms with E-state index in [-0.39, 0.29) is 33.4 Å². The lowest BCUT2D eigenvalue weighted by Gasteiger charge is -2.16. The second kappa shape index (κ2) is 9.13. The van der Waals surface area contributed by atoms with E-state index in [1.54, 1.807) is 0 Å². The van der Waals surface area contributed by atoms with Crippen molar-refractivity contribution in [2.24, 2.45) is 5.73 Å². The molecule has 11 heteroatoms. The van der Waals surface area contributed by atoms with Crippen LogP contribution in [0.5, 0.6) is 11.5 Å². The Hall–Kier alpha value is -3.13. The monoisotopic (exact) mass is 437 g/mol. The third-order valence-corrected chi connectivity index (χ3v) is 4.15. The zero-order chi connectivity index (χ0) is 22.6. The molecular formula is C19H18ClF2N5O3. The van der Waals surface area contributed by atoms with E-state index in [4.69, 9.17) is 32.7 Å². The first kappa shape index (κ1) is 23.2. The summed E-state index contributed by atoms with van der Waals surface area (Å²) in [7, 11) is 0. The van der Waals surface area contributed by atoms with Gasteiger partial charge in [0.15, 0.2) is 0 Å². The number of nitriles is 1. The van der Waals surface area contributed by atoms with Crippen LogP contribution in [0.1, 0.15) is 18.2 Å². The molecule has 1 unspecified atom stereocenters. The van der Waals surface area contributed by atoms with Crippen LogP contribution in [-0.4, -0.2) is 32.5 Å². The van der Waals surface area contributed by atoms with Crippen molar-refractivity contribution in [3.05, 3.63) is 62.8 Å². The van der Waals surface area contributed by atoms with Gasteiger partial charge in [0.25, 0.3) is 11.5 Å². The van der Waals surface area contributed by atoms with Crippen molar-refractivity contribution < 1.29 is 18.6 Å². The SMILES string of the molecule is Cc1ncn(C/C(=C/C(=N)C(C)(F)F)C(N)O)c(=O)c1Oc1cc(Cl)cc(C#N)c1. The normalized spacial score (nSPS) is 12.9. The maximum Gasteiger partial charge on any atom is 0.296 e. The van der Waals surface area contributed by atoms with Gasteiger partial charge < -0.3 is 15.6 Å². The van der Waals surface area contributed by atoms with Gasteiger partial charge in [0.2, 0.25) is 5.75 Å². The van der Waals surface area contributed by atoms with Gasteiger partial charge in [-0.2, -0.15) is 14.0 Å². The van der Waals surface area contributed by atoms with Crippen molar-refractivity contribution in [3.8, 4) is 17.6 Å². The van der Waals surface area contributed by atoms with Crippen molar-refractivity contribution in [2.45, 2.75) is 32.5 Å². The van der Waals surface area contributed by atoms with E-state index >= 15 is 0 Å². The molecule has 2 aromatic rings. The number of aromatic nitrogens is 2. The van der Waals surface area contributed by atoms with Gasteiger partial charge in [0, 0.05) is 11.9 Å². The van der Waals surface area contributed by atoms with Crippen LogP contribution in [0.2, 0.25) is 5.02 Å². The Bertz CT molecular complexity index is 1100. The van der Waals surface area contributed by atoms with Crippen LogP contribution in [0, 0.1) is 23.7 Å². The molecule has 0 fully saturated rings. The molecule has 1 heterocycles. The van der Waals surface area contributed by atoms with Crippen LogP contribution < -0.4 is 16.0 Å². The average molecular weight is 438 g/mol. The Kier molecular flexibility index (Phi) is 7.04. The van der Waals surface area contributed by atoms with E-state index in [1.165, 1.54) is 25.1 Å². The van der Waals surface area contributed by atoms with Crippen LogP contribution >= 0.6 is 11.6 Å². The number of ether oxygens (including phenoxy) is 1. The molecular weight excluding hydrogens is 420 g/mol. The quantitative estimate of drug-likeness (QED) is 0.449. The Morgan fingerprint density at radius 3 is 2.77 bits per heavy atom. The van der Waals surface area contributed by atoms with Crippen molar-refractivity contribution in [1.29, 1.82) is 10.7 Å². The van der Waals surface area contributed by atoms with Gasteiger partial charge in [-0.25, -0.2) is 4.98 Å². The molecule has 2 rings (SSSR count). The summed E-state index contributed by atoms with van der Waals surface area (Å²) in [6, 6.07) is 6.10. The number of rotatable bonds is 7. The minimum absolute atomic E-state index is 0.126. The number of benzene rings is 1. The average Bonchev–Trinajstić information content (AvgIpc) is 2.65. The van der Waals surface area contributed by atoms with Gasteiger partial charge in [-0.1, -0.05) is 11.6 Å². The van der Waals surface area contributed by atoms with Crippen molar-refractivity contribution in [3.63, 3.8) is 0 Å². The summed E-state index contributed by atoms with van der Waals surface area (Å²) in [5, 5.41) is 26.3. The lowest BCUT2D eigenvalue weighted by molar-refractivity contribution is 0.101. The molecule has 1 aromatic heterocycles. The second-order valence-corrected chi connectivity index (χ2v) is 6.88. The lowest BCUT2D eigenvalue weighted by atomic mass is 10.1. The van der Waals surface area contributed by atoms with Crippen molar-refractivity contribution >= 4 is 17.3 Å². The first-order valence-electron chi connectivity index (χ1n) is 8.48. The number of aliphatic hydroxyl groups excluding tert-OH is 1. The highest BCUT2D eigenvalue weighted by Crippen LogP contribution is 2.25. The third-order valence-electron chi connectivity index (χ3n) is 3.93. The van der Waals surface area contributed by atoms with E-state index < -0.39 is 30.0 Å². The Balaban J connectivity index is 2.44. The molecule has 0 aliphatic carbocycles. The fourth-order valence-corrected chi connectivity index (χ4v) is 2.55. The molecule has 1 aromatic carbocycles. The van der Waals surface area contributed by atoms with E-state index in [0.717, 1.165) is 10.9 Å². The van der Waals surface area contributed by atoms with Crippen LogP contribution in [0.4, 0.5) is 8.78 Å². The second-order valence-electron chi connectivity index (χ2n) is 6.45. The fourth-order valence-electron chi connectivity index (χ4n) is 2.32. The first-order valence-corrected chi connectivity index (χ1v) is 8.85. The molecule has 0 saturated heterocycles. The molecule has 1 atom stereocenters. The predicted molar refractivity (Wildman–Crippen MR) is 106 cm³/mol. The molecule has 4 N–H and O–H groups in total. The smallest absolute Gasteiger partial charge is 0.296 e. The highest BCUT2D eigenvalue weighted by Gasteiger charge is 2.27. The summed E-state index contributed by atoms with van der Waals surface area (Å²) in [5.41, 5.74) is 3.87. The van der Waals surface area contributed by atoms with Crippen LogP contribution in [0.15, 0.2) is 41.0 Å². The van der Waals surface area contributed by atoms with E-state index in [0.29, 0.717) is 13.0 Å². The van der Waals surface area contributed by atoms with Crippen molar-refractivity contribution in [2.75, 3.05) is 0 Å². The summed E-state index contributed by atoms with van der Waals surface area (Å²) in [4.78, 5) is 16.9. The van der Waals surface area contributed by atoms with Crippen LogP contribution in [0.25, 0.3) is 0 Å². The number of hydrogen-bond donors (Lipinski definition) is 3. The number of hydrogen-bond acceptors (Lipinski definition) is 7. The number of aliphatic hydroxyl groups is 1. The summed E-state index contributed by atoms with van der Waals surface area (Å²) >= 11 is 5.93. The first-order chi connectivity index (χ1) is 13.9. The number of nitrogens with zero attached hydrogens (tertiary/aromatic N) is 3. The summed E-state index contributed by atoms with van der Waals surface area (Å²) in [6.45, 7) is 1.63. The Morgan fingerprint density at radius 2 is 2.20 bits per heavy atom. The molecule has 0 spiro atoms. The maximum absolute atomic E-state index is 13.3. The number of nitrogens with two attached hydrogens (primary N) is 1. The Morgan fingerprint density at radius 1 is 1.53 bits per heavy atom. The number of aryl methyl sites for hydroxylation is 1. The Labute approximate surface area is 175 Å². The van der Waals surface area contributed by atoms with Crippen LogP contribution in [0.3, 0.4) is 0 Å². The van der Waals surface area contributed by atoms with Crippen LogP contribution in [-0.2, 0) is 6.54 Å². The predicted octanol–water partition coefficient (Wildman–Crippen LogP) is 2.75. The van der Waals surface area contributed by atoms with Gasteiger partial charge in [0.1, 0.15) is 17.7 Å². The van der Waals surface area contributed by atoms with Gasteiger partial charge in [0.05, 0.1) is 30.2 Å². The van der Waals surface area contributed by atoms with Gasteiger partial charge >= 0.3 is 0 Å². The minimum atomic E-state index is -3.45. The molecule has 0 bridgehead atoms. The molecule has 30 heavy (non-hydrogen) atoms. The summed E-state index contributed by atoms with van der Waals surface area (Å²) < 4.78 is 33.1. The fraction of sp³-hybridized carbons (Fsp3) is 0.263. The number of alkyl halides is 2. The van der Waals surface area contributed by atoms with E-state index in [1.807, 2.05) is 6.07 Å². The maximum atomic E-state index is 13.3. The van der Waals surface area contributed by atoms with Gasteiger partial charge in [-0.3, -0.25) is 14.8 Å². The number of allylic oxidation sites excluding steroid dienone is 1. The molecule has 0 saturated carbocycles. The summed E-state index contributed by atoms with van der Waals surface area (Å²) in [6.07, 6.45) is 0.164. The molecule has 0 amide bonds. The topological polar surface area (TPSA) is 138 Å². The van der Waals surface area contributed by atoms with Crippen molar-refractivity contribution in [1.82, 2.24) is 9.55 Å². The summed E-state index contributed by atoms with van der Waals surface area (Å²) in [5.74, 6) is -3.51. The molecule has 0 radical (unpaired) electrons. The molecule has 158 valence electrons. The number of nitrogens with one attached hydrogen (secondary N) is 1. The molecule has 0 aliphatic rings. The van der Waals surface area contributed by atoms with Gasteiger partial charge in [-0.15, -0.1) is 0 Å². The lowest BCUT2D eigenvalue weighted by Crippen LogP contribution is -2.31. The zero-order valence-corrected chi connectivity index (χ0v) is 16.7. The van der Waals surface area contributed by atoms with E-state index in [9.17, 15) is 18.7 Å². The third kappa shape index (κ3) is 5.70. The minimum Gasteiger partial charge on any atom is -0.450 e. The standard InChI is InChI=1S/C19H18ClF2N5O3/c1-10-16(30-14-4-11(7-23)3-13(20)6-14)18(29)27(9-26-10)8-12(17(25)28)5-15(24)19(2,21)22/h3-6,9,17,24,28H,8,25H2,1-2H3/b12-5-,24-15?. The van der Waals surface area contributed by atoms with Gasteiger partial charge in [-0.05, 0) is 36.8 Å². The molecule has 8 nitrogen and oxygen atoms in total. The highest BCUT2D eigenvalue weighted by atomic mass is 35.5. The highest BCUT2D eigenvalue weighted by molar-refractivity contribution is 6.30. The largest absolute Gasteiger partial charge is 0.450 e. The number of halogens is 3. The zero-order valence-electron chi connectivity index (χ0n) is 16.0. The molecule has 0 aliphatic heterocycles.